The first-order chi connectivity index (χ1) is 20.6. The maximum absolute atomic E-state index is 12.6. The van der Waals surface area contributed by atoms with Gasteiger partial charge >= 0.3 is 12.4 Å². The first kappa shape index (κ1) is 29.7. The molecule has 1 aromatic heterocycles. The van der Waals surface area contributed by atoms with E-state index < -0.39 is 12.4 Å². The Bertz CT molecular complexity index is 1680. The quantitative estimate of drug-likeness (QED) is 0.214. The van der Waals surface area contributed by atoms with Crippen LogP contribution in [0.5, 0.6) is 5.75 Å². The zero-order valence-electron chi connectivity index (χ0n) is 23.0. The Labute approximate surface area is 249 Å². The lowest BCUT2D eigenvalue weighted by Gasteiger charge is -2.21. The molecule has 3 amide bonds. The molecule has 9 nitrogen and oxygen atoms in total. The molecule has 1 fully saturated rings. The summed E-state index contributed by atoms with van der Waals surface area (Å²) in [5.74, 6) is 0.345. The average Bonchev–Trinajstić information content (AvgIpc) is 3.60. The number of amides is 3. The van der Waals surface area contributed by atoms with Crippen molar-refractivity contribution in [1.29, 1.82) is 0 Å². The molecule has 1 aliphatic heterocycles. The molecule has 220 valence electrons. The van der Waals surface area contributed by atoms with E-state index >= 15 is 0 Å². The van der Waals surface area contributed by atoms with Crippen LogP contribution in [0.4, 0.5) is 23.7 Å². The number of para-hydroxylation sites is 1. The number of rotatable bonds is 7. The van der Waals surface area contributed by atoms with Gasteiger partial charge in [-0.2, -0.15) is 4.99 Å². The van der Waals surface area contributed by atoms with E-state index in [9.17, 15) is 22.8 Å². The number of benzene rings is 3. The van der Waals surface area contributed by atoms with Crippen molar-refractivity contribution in [2.45, 2.75) is 32.5 Å². The number of urea groups is 1. The van der Waals surface area contributed by atoms with Crippen LogP contribution in [0.2, 0.25) is 0 Å². The van der Waals surface area contributed by atoms with E-state index in [-0.39, 0.29) is 23.3 Å². The number of amidine groups is 1. The summed E-state index contributed by atoms with van der Waals surface area (Å²) in [6, 6.07) is 19.5. The van der Waals surface area contributed by atoms with Crippen LogP contribution in [0.3, 0.4) is 0 Å². The number of ether oxygens (including phenoxy) is 1. The fraction of sp³-hybridized carbons (Fsp3) is 0.200. The molecule has 2 heterocycles. The summed E-state index contributed by atoms with van der Waals surface area (Å²) in [6.07, 6.45) is -1.46. The van der Waals surface area contributed by atoms with Crippen LogP contribution in [-0.4, -0.2) is 50.2 Å². The Kier molecular flexibility index (Phi) is 8.71. The lowest BCUT2D eigenvalue weighted by molar-refractivity contribution is -0.274. The lowest BCUT2D eigenvalue weighted by Crippen LogP contribution is -2.30. The minimum Gasteiger partial charge on any atom is -0.406 e. The van der Waals surface area contributed by atoms with Crippen molar-refractivity contribution in [2.24, 2.45) is 9.98 Å². The second-order valence-corrected chi connectivity index (χ2v) is 10.6. The summed E-state index contributed by atoms with van der Waals surface area (Å²) in [6.45, 7) is 4.08. The number of carbonyl (C=O) groups is 2. The smallest absolute Gasteiger partial charge is 0.406 e. The third-order valence-electron chi connectivity index (χ3n) is 6.32. The predicted octanol–water partition coefficient (Wildman–Crippen LogP) is 6.83. The van der Waals surface area contributed by atoms with Crippen molar-refractivity contribution in [3.05, 3.63) is 90.3 Å². The third kappa shape index (κ3) is 7.36. The van der Waals surface area contributed by atoms with Gasteiger partial charge in [-0.05, 0) is 47.4 Å². The normalized spacial score (nSPS) is 14.8. The highest BCUT2D eigenvalue weighted by atomic mass is 32.2. The number of hydrogen-bond acceptors (Lipinski definition) is 6. The van der Waals surface area contributed by atoms with Gasteiger partial charge in [-0.25, -0.2) is 19.5 Å². The number of aliphatic imine (C=N–C) groups is 2. The maximum atomic E-state index is 12.6. The van der Waals surface area contributed by atoms with E-state index in [2.05, 4.69) is 24.8 Å². The van der Waals surface area contributed by atoms with Gasteiger partial charge in [0.2, 0.25) is 5.91 Å². The number of anilines is 1. The van der Waals surface area contributed by atoms with Crippen LogP contribution in [0, 0.1) is 0 Å². The number of halogens is 3. The molecule has 13 heteroatoms. The number of carbonyl (C=O) groups excluding carboxylic acids is 2. The van der Waals surface area contributed by atoms with Crippen LogP contribution in [0.1, 0.15) is 30.9 Å². The lowest BCUT2D eigenvalue weighted by atomic mass is 10.0. The summed E-state index contributed by atoms with van der Waals surface area (Å²) in [5.41, 5.74) is 3.83. The second-order valence-electron chi connectivity index (χ2n) is 9.68. The Balaban J connectivity index is 1.20. The molecule has 0 aliphatic carbocycles. The summed E-state index contributed by atoms with van der Waals surface area (Å²) >= 11 is 1.21. The van der Waals surface area contributed by atoms with E-state index in [0.717, 1.165) is 22.4 Å². The Morgan fingerprint density at radius 1 is 1.07 bits per heavy atom. The van der Waals surface area contributed by atoms with E-state index in [1.54, 1.807) is 0 Å². The number of aromatic nitrogens is 3. The van der Waals surface area contributed by atoms with Gasteiger partial charge in [0.1, 0.15) is 12.1 Å². The van der Waals surface area contributed by atoms with Crippen molar-refractivity contribution in [2.75, 3.05) is 10.7 Å². The largest absolute Gasteiger partial charge is 0.573 e. The van der Waals surface area contributed by atoms with E-state index in [4.69, 9.17) is 0 Å². The highest BCUT2D eigenvalue weighted by Crippen LogP contribution is 2.33. The Hall–Kier alpha value is -4.78. The average molecular weight is 607 g/mol. The zero-order chi connectivity index (χ0) is 30.6. The summed E-state index contributed by atoms with van der Waals surface area (Å²) in [4.78, 5) is 38.9. The molecule has 1 saturated heterocycles. The molecule has 0 N–H and O–H groups in total. The fourth-order valence-electron chi connectivity index (χ4n) is 4.31. The fourth-order valence-corrected chi connectivity index (χ4v) is 5.16. The molecule has 0 spiro atoms. The molecule has 4 aromatic rings. The Morgan fingerprint density at radius 2 is 1.79 bits per heavy atom. The van der Waals surface area contributed by atoms with E-state index in [1.807, 2.05) is 62.4 Å². The van der Waals surface area contributed by atoms with Gasteiger partial charge in [0.05, 0.1) is 17.1 Å². The van der Waals surface area contributed by atoms with Crippen molar-refractivity contribution in [1.82, 2.24) is 14.8 Å². The molecule has 3 aromatic carbocycles. The molecular weight excluding hydrogens is 581 g/mol. The van der Waals surface area contributed by atoms with E-state index in [0.29, 0.717) is 23.1 Å². The van der Waals surface area contributed by atoms with Crippen LogP contribution in [-0.2, 0) is 11.2 Å². The van der Waals surface area contributed by atoms with Crippen molar-refractivity contribution < 1.29 is 27.5 Å². The van der Waals surface area contributed by atoms with Crippen LogP contribution in [0.15, 0.2) is 89.1 Å². The topological polar surface area (TPSA) is 102 Å². The van der Waals surface area contributed by atoms with Gasteiger partial charge in [-0.15, -0.1) is 18.3 Å². The molecule has 43 heavy (non-hydrogen) atoms. The molecule has 0 atom stereocenters. The third-order valence-corrected chi connectivity index (χ3v) is 7.25. The van der Waals surface area contributed by atoms with Gasteiger partial charge in [-0.1, -0.05) is 68.1 Å². The first-order valence-corrected chi connectivity index (χ1v) is 14.1. The molecule has 0 radical (unpaired) electrons. The predicted molar refractivity (Wildman–Crippen MR) is 159 cm³/mol. The van der Waals surface area contributed by atoms with Gasteiger partial charge in [0, 0.05) is 18.2 Å². The molecule has 0 unspecified atom stereocenters. The SMILES string of the molecule is CC(C)c1ccccc1N1C(=O)CSC1=NC(=O)N=CCc1ccc(-c2ncn(-c3ccc(OC(F)(F)F)cc3)n2)cc1. The summed E-state index contributed by atoms with van der Waals surface area (Å²) < 4.78 is 42.5. The van der Waals surface area contributed by atoms with Crippen LogP contribution in [0.25, 0.3) is 17.1 Å². The van der Waals surface area contributed by atoms with Gasteiger partial charge in [0.25, 0.3) is 0 Å². The van der Waals surface area contributed by atoms with Gasteiger partial charge < -0.3 is 4.74 Å². The van der Waals surface area contributed by atoms with Crippen LogP contribution >= 0.6 is 11.8 Å². The minimum atomic E-state index is -4.76. The first-order valence-electron chi connectivity index (χ1n) is 13.1. The maximum Gasteiger partial charge on any atom is 0.573 e. The number of thioether (sulfide) groups is 1. The summed E-state index contributed by atoms with van der Waals surface area (Å²) in [5, 5.41) is 4.70. The highest BCUT2D eigenvalue weighted by Gasteiger charge is 2.32. The second kappa shape index (κ2) is 12.6. The minimum absolute atomic E-state index is 0.138. The highest BCUT2D eigenvalue weighted by molar-refractivity contribution is 8.15. The van der Waals surface area contributed by atoms with E-state index in [1.165, 1.54) is 58.2 Å². The molecular formula is C30H25F3N6O3S. The molecule has 5 rings (SSSR count). The monoisotopic (exact) mass is 606 g/mol. The Morgan fingerprint density at radius 3 is 2.49 bits per heavy atom. The van der Waals surface area contributed by atoms with Gasteiger partial charge in [-0.3, -0.25) is 9.69 Å². The van der Waals surface area contributed by atoms with Crippen molar-refractivity contribution in [3.8, 4) is 22.8 Å². The van der Waals surface area contributed by atoms with Crippen molar-refractivity contribution >= 4 is 40.8 Å². The van der Waals surface area contributed by atoms with Gasteiger partial charge in [0.15, 0.2) is 11.0 Å². The zero-order valence-corrected chi connectivity index (χ0v) is 23.8. The molecule has 0 saturated carbocycles. The van der Waals surface area contributed by atoms with Crippen LogP contribution < -0.4 is 9.64 Å². The standard InChI is InChI=1S/C30H25F3N6O3S/c1-19(2)24-5-3-4-6-25(24)39-26(40)17-43-29(39)36-28(41)34-16-15-20-7-9-21(10-8-20)27-35-18-38(37-27)22-11-13-23(14-12-22)42-30(31,32)33/h3-14,16,18-19H,15,17H2,1-2H3. The molecule has 0 bridgehead atoms. The summed E-state index contributed by atoms with van der Waals surface area (Å²) in [7, 11) is 0. The number of hydrogen-bond donors (Lipinski definition) is 0. The number of nitrogens with zero attached hydrogens (tertiary/aromatic N) is 6. The number of alkyl halides is 3. The van der Waals surface area contributed by atoms with Crippen molar-refractivity contribution in [3.63, 3.8) is 0 Å². The molecule has 1 aliphatic rings.